The normalized spacial score (nSPS) is 13.6. The van der Waals surface area contributed by atoms with Gasteiger partial charge in [0.25, 0.3) is 0 Å². The minimum absolute atomic E-state index is 0.191. The van der Waals surface area contributed by atoms with Gasteiger partial charge in [-0.1, -0.05) is 0 Å². The van der Waals surface area contributed by atoms with Gasteiger partial charge < -0.3 is 4.74 Å². The van der Waals surface area contributed by atoms with E-state index in [1.807, 2.05) is 0 Å². The Labute approximate surface area is 80.4 Å². The number of alkyl halides is 6. The summed E-state index contributed by atoms with van der Waals surface area (Å²) in [6, 6.07) is 0. The van der Waals surface area contributed by atoms with Gasteiger partial charge in [-0.25, -0.2) is 4.79 Å². The molecular formula is C6H7F6NO2. The van der Waals surface area contributed by atoms with Gasteiger partial charge in [-0.05, 0) is 6.92 Å². The first-order valence-corrected chi connectivity index (χ1v) is 3.45. The molecule has 3 nitrogen and oxygen atoms in total. The van der Waals surface area contributed by atoms with Crippen LogP contribution in [0.4, 0.5) is 31.1 Å². The van der Waals surface area contributed by atoms with Gasteiger partial charge in [0.2, 0.25) is 5.54 Å². The number of alkyl carbamates (subject to hydrolysis) is 1. The monoisotopic (exact) mass is 239 g/mol. The molecule has 0 aromatic heterocycles. The smallest absolute Gasteiger partial charge is 0.420 e. The number of carbonyl (C=O) groups is 1. The standard InChI is InChI=1S/C6H7F6NO2/c1-4(5(7,8)9,6(10,11)12)13-3(14)15-2/h1-2H3,(H,13,14). The number of amides is 1. The number of hydrogen-bond donors (Lipinski definition) is 1. The van der Waals surface area contributed by atoms with Crippen LogP contribution < -0.4 is 5.32 Å². The van der Waals surface area contributed by atoms with Gasteiger partial charge in [0.05, 0.1) is 7.11 Å². The molecule has 0 rings (SSSR count). The van der Waals surface area contributed by atoms with Gasteiger partial charge in [-0.2, -0.15) is 26.3 Å². The summed E-state index contributed by atoms with van der Waals surface area (Å²) in [4.78, 5) is 10.4. The van der Waals surface area contributed by atoms with E-state index >= 15 is 0 Å². The molecule has 0 heterocycles. The minimum Gasteiger partial charge on any atom is -0.453 e. The lowest BCUT2D eigenvalue weighted by Gasteiger charge is -2.33. The SMILES string of the molecule is COC(=O)NC(C)(C(F)(F)F)C(F)(F)F. The Kier molecular flexibility index (Phi) is 3.49. The molecule has 0 unspecified atom stereocenters. The van der Waals surface area contributed by atoms with Crippen LogP contribution in [0.3, 0.4) is 0 Å². The maximum Gasteiger partial charge on any atom is 0.420 e. The first kappa shape index (κ1) is 13.8. The Morgan fingerprint density at radius 1 is 1.07 bits per heavy atom. The zero-order chi connectivity index (χ0) is 12.5. The van der Waals surface area contributed by atoms with Crippen molar-refractivity contribution in [1.82, 2.24) is 5.32 Å². The van der Waals surface area contributed by atoms with Crippen LogP contribution >= 0.6 is 0 Å². The summed E-state index contributed by atoms with van der Waals surface area (Å²) in [6.45, 7) is -0.191. The van der Waals surface area contributed by atoms with Crippen molar-refractivity contribution in [2.24, 2.45) is 0 Å². The molecule has 0 saturated carbocycles. The Hall–Kier alpha value is -1.15. The van der Waals surface area contributed by atoms with Crippen molar-refractivity contribution >= 4 is 6.09 Å². The van der Waals surface area contributed by atoms with Crippen LogP contribution in [0.25, 0.3) is 0 Å². The summed E-state index contributed by atoms with van der Waals surface area (Å²) in [6.07, 6.45) is -13.1. The van der Waals surface area contributed by atoms with Crippen molar-refractivity contribution in [3.8, 4) is 0 Å². The second-order valence-electron chi connectivity index (χ2n) is 2.74. The second-order valence-corrected chi connectivity index (χ2v) is 2.74. The number of hydrogen-bond acceptors (Lipinski definition) is 2. The Balaban J connectivity index is 5.15. The lowest BCUT2D eigenvalue weighted by Crippen LogP contribution is -2.65. The van der Waals surface area contributed by atoms with Crippen LogP contribution in [0, 0.1) is 0 Å². The molecular weight excluding hydrogens is 232 g/mol. The molecule has 0 saturated heterocycles. The lowest BCUT2D eigenvalue weighted by atomic mass is 10.0. The summed E-state index contributed by atoms with van der Waals surface area (Å²) in [5, 5.41) is 0.712. The quantitative estimate of drug-likeness (QED) is 0.712. The van der Waals surface area contributed by atoms with E-state index in [2.05, 4.69) is 4.74 Å². The summed E-state index contributed by atoms with van der Waals surface area (Å²) < 4.78 is 76.3. The molecule has 0 aliphatic carbocycles. The fourth-order valence-electron chi connectivity index (χ4n) is 0.558. The molecule has 0 atom stereocenters. The number of carbonyl (C=O) groups excluding carboxylic acids is 1. The van der Waals surface area contributed by atoms with Crippen LogP contribution in [0.5, 0.6) is 0 Å². The number of ether oxygens (including phenoxy) is 1. The fourth-order valence-corrected chi connectivity index (χ4v) is 0.558. The van der Waals surface area contributed by atoms with E-state index in [1.165, 1.54) is 0 Å². The van der Waals surface area contributed by atoms with E-state index in [9.17, 15) is 31.1 Å². The largest absolute Gasteiger partial charge is 0.453 e. The van der Waals surface area contributed by atoms with Gasteiger partial charge in [-0.15, -0.1) is 0 Å². The third-order valence-electron chi connectivity index (χ3n) is 1.67. The Morgan fingerprint density at radius 2 is 1.40 bits per heavy atom. The van der Waals surface area contributed by atoms with Gasteiger partial charge in [0.15, 0.2) is 0 Å². The molecule has 1 N–H and O–H groups in total. The maximum atomic E-state index is 12.1. The first-order chi connectivity index (χ1) is 6.45. The van der Waals surface area contributed by atoms with E-state index in [0.717, 1.165) is 0 Å². The average Bonchev–Trinajstić information content (AvgIpc) is 1.99. The van der Waals surface area contributed by atoms with Crippen molar-refractivity contribution in [1.29, 1.82) is 0 Å². The lowest BCUT2D eigenvalue weighted by molar-refractivity contribution is -0.298. The van der Waals surface area contributed by atoms with Crippen LogP contribution in [0.15, 0.2) is 0 Å². The number of halogens is 6. The van der Waals surface area contributed by atoms with E-state index < -0.39 is 24.0 Å². The maximum absolute atomic E-state index is 12.1. The van der Waals surface area contributed by atoms with Crippen LogP contribution in [-0.2, 0) is 4.74 Å². The summed E-state index contributed by atoms with van der Waals surface area (Å²) >= 11 is 0. The molecule has 0 radical (unpaired) electrons. The predicted octanol–water partition coefficient (Wildman–Crippen LogP) is 2.23. The molecule has 0 aliphatic heterocycles. The zero-order valence-corrected chi connectivity index (χ0v) is 7.58. The van der Waals surface area contributed by atoms with Crippen molar-refractivity contribution in [3.05, 3.63) is 0 Å². The van der Waals surface area contributed by atoms with E-state index in [1.54, 1.807) is 0 Å². The highest BCUT2D eigenvalue weighted by atomic mass is 19.4. The van der Waals surface area contributed by atoms with Crippen LogP contribution in [-0.4, -0.2) is 31.1 Å². The fraction of sp³-hybridized carbons (Fsp3) is 0.833. The molecule has 0 bridgehead atoms. The molecule has 9 heteroatoms. The van der Waals surface area contributed by atoms with Crippen molar-refractivity contribution < 1.29 is 35.9 Å². The molecule has 0 aliphatic rings. The third kappa shape index (κ3) is 2.66. The van der Waals surface area contributed by atoms with E-state index in [4.69, 9.17) is 0 Å². The Morgan fingerprint density at radius 3 is 1.60 bits per heavy atom. The van der Waals surface area contributed by atoms with Gasteiger partial charge >= 0.3 is 18.4 Å². The number of nitrogens with one attached hydrogen (secondary N) is 1. The van der Waals surface area contributed by atoms with Gasteiger partial charge in [-0.3, -0.25) is 5.32 Å². The summed E-state index contributed by atoms with van der Waals surface area (Å²) in [5.41, 5.74) is -4.33. The average molecular weight is 239 g/mol. The minimum atomic E-state index is -5.67. The molecule has 0 aromatic rings. The third-order valence-corrected chi connectivity index (χ3v) is 1.67. The molecule has 0 spiro atoms. The number of rotatable bonds is 1. The molecule has 0 fully saturated rings. The summed E-state index contributed by atoms with van der Waals surface area (Å²) in [7, 11) is 0.655. The van der Waals surface area contributed by atoms with Crippen LogP contribution in [0.2, 0.25) is 0 Å². The first-order valence-electron chi connectivity index (χ1n) is 3.45. The van der Waals surface area contributed by atoms with Crippen molar-refractivity contribution in [3.63, 3.8) is 0 Å². The predicted molar refractivity (Wildman–Crippen MR) is 36.1 cm³/mol. The van der Waals surface area contributed by atoms with E-state index in [-0.39, 0.29) is 6.92 Å². The topological polar surface area (TPSA) is 38.3 Å². The highest BCUT2D eigenvalue weighted by Gasteiger charge is 2.68. The zero-order valence-electron chi connectivity index (χ0n) is 7.58. The highest BCUT2D eigenvalue weighted by molar-refractivity contribution is 5.68. The molecule has 90 valence electrons. The van der Waals surface area contributed by atoms with Crippen molar-refractivity contribution in [2.75, 3.05) is 7.11 Å². The molecule has 15 heavy (non-hydrogen) atoms. The molecule has 1 amide bonds. The second kappa shape index (κ2) is 3.78. The highest BCUT2D eigenvalue weighted by Crippen LogP contribution is 2.42. The van der Waals surface area contributed by atoms with Crippen LogP contribution in [0.1, 0.15) is 6.92 Å². The van der Waals surface area contributed by atoms with Gasteiger partial charge in [0, 0.05) is 0 Å². The van der Waals surface area contributed by atoms with Gasteiger partial charge in [0.1, 0.15) is 0 Å². The van der Waals surface area contributed by atoms with Crippen molar-refractivity contribution in [2.45, 2.75) is 24.8 Å². The number of methoxy groups -OCH3 is 1. The summed E-state index contributed by atoms with van der Waals surface area (Å²) in [5.74, 6) is 0. The molecule has 0 aromatic carbocycles. The Bertz CT molecular complexity index is 231. The van der Waals surface area contributed by atoms with E-state index in [0.29, 0.717) is 12.4 Å².